The first kappa shape index (κ1) is 18.3. The molecule has 2 saturated heterocycles. The summed E-state index contributed by atoms with van der Waals surface area (Å²) in [6.07, 6.45) is 8.78. The number of hydrogen-bond donors (Lipinski definition) is 0. The normalized spacial score (nSPS) is 19.5. The molecule has 0 atom stereocenters. The van der Waals surface area contributed by atoms with Crippen LogP contribution >= 0.6 is 11.6 Å². The van der Waals surface area contributed by atoms with Crippen molar-refractivity contribution in [2.45, 2.75) is 32.6 Å². The lowest BCUT2D eigenvalue weighted by molar-refractivity contribution is 0.232. The SMILES string of the molecule is Cc1ncc(Cl)c(N2CCC(C3CCN(c4ncc(F)cn4)CC3)CC2)n1. The summed E-state index contributed by atoms with van der Waals surface area (Å²) < 4.78 is 13.0. The lowest BCUT2D eigenvalue weighted by Gasteiger charge is -2.40. The van der Waals surface area contributed by atoms with Crippen LogP contribution in [0.1, 0.15) is 31.5 Å². The average Bonchev–Trinajstić information content (AvgIpc) is 2.71. The van der Waals surface area contributed by atoms with E-state index in [1.165, 1.54) is 12.4 Å². The van der Waals surface area contributed by atoms with E-state index in [2.05, 4.69) is 29.7 Å². The van der Waals surface area contributed by atoms with Gasteiger partial charge in [0.25, 0.3) is 0 Å². The molecule has 4 heterocycles. The highest BCUT2D eigenvalue weighted by molar-refractivity contribution is 6.32. The summed E-state index contributed by atoms with van der Waals surface area (Å²) in [7, 11) is 0. The van der Waals surface area contributed by atoms with Crippen molar-refractivity contribution in [3.8, 4) is 0 Å². The first-order valence-corrected chi connectivity index (χ1v) is 9.94. The molecule has 0 unspecified atom stereocenters. The molecule has 0 radical (unpaired) electrons. The zero-order chi connectivity index (χ0) is 18.8. The monoisotopic (exact) mass is 390 g/mol. The maximum atomic E-state index is 13.0. The quantitative estimate of drug-likeness (QED) is 0.799. The van der Waals surface area contributed by atoms with E-state index in [4.69, 9.17) is 11.6 Å². The zero-order valence-electron chi connectivity index (χ0n) is 15.5. The van der Waals surface area contributed by atoms with Crippen LogP contribution in [-0.4, -0.2) is 46.1 Å². The molecular formula is C19H24ClFN6. The van der Waals surface area contributed by atoms with Gasteiger partial charge in [-0.05, 0) is 44.4 Å². The second-order valence-electron chi connectivity index (χ2n) is 7.44. The lowest BCUT2D eigenvalue weighted by Crippen LogP contribution is -2.41. The van der Waals surface area contributed by atoms with E-state index in [9.17, 15) is 4.39 Å². The molecule has 0 aliphatic carbocycles. The Bertz CT molecular complexity index is 770. The van der Waals surface area contributed by atoms with Gasteiger partial charge in [0.05, 0.1) is 18.6 Å². The van der Waals surface area contributed by atoms with Crippen molar-refractivity contribution in [3.63, 3.8) is 0 Å². The van der Waals surface area contributed by atoms with Gasteiger partial charge in [-0.15, -0.1) is 0 Å². The Morgan fingerprint density at radius 3 is 2.04 bits per heavy atom. The third-order valence-corrected chi connectivity index (χ3v) is 6.05. The van der Waals surface area contributed by atoms with E-state index < -0.39 is 0 Å². The van der Waals surface area contributed by atoms with Crippen molar-refractivity contribution in [1.29, 1.82) is 0 Å². The molecule has 2 fully saturated rings. The fourth-order valence-electron chi connectivity index (χ4n) is 4.29. The minimum Gasteiger partial charge on any atom is -0.355 e. The second kappa shape index (κ2) is 7.92. The molecule has 2 aromatic heterocycles. The molecule has 0 aromatic carbocycles. The molecule has 0 amide bonds. The van der Waals surface area contributed by atoms with Gasteiger partial charge in [0.1, 0.15) is 10.8 Å². The predicted molar refractivity (Wildman–Crippen MR) is 104 cm³/mol. The fraction of sp³-hybridized carbons (Fsp3) is 0.579. The molecule has 0 N–H and O–H groups in total. The predicted octanol–water partition coefficient (Wildman–Crippen LogP) is 3.50. The smallest absolute Gasteiger partial charge is 0.225 e. The van der Waals surface area contributed by atoms with Crippen molar-refractivity contribution < 1.29 is 4.39 Å². The molecule has 0 spiro atoms. The number of halogens is 2. The van der Waals surface area contributed by atoms with Gasteiger partial charge in [0.2, 0.25) is 5.95 Å². The van der Waals surface area contributed by atoms with Crippen LogP contribution in [0.15, 0.2) is 18.6 Å². The Balaban J connectivity index is 1.30. The number of aromatic nitrogens is 4. The molecule has 6 nitrogen and oxygen atoms in total. The number of aryl methyl sites for hydroxylation is 1. The number of rotatable bonds is 3. The Morgan fingerprint density at radius 1 is 0.889 bits per heavy atom. The molecule has 8 heteroatoms. The van der Waals surface area contributed by atoms with E-state index in [0.29, 0.717) is 11.0 Å². The number of hydrogen-bond acceptors (Lipinski definition) is 6. The summed E-state index contributed by atoms with van der Waals surface area (Å²) in [5, 5.41) is 0.631. The summed E-state index contributed by atoms with van der Waals surface area (Å²) in [6, 6.07) is 0. The molecule has 0 saturated carbocycles. The summed E-state index contributed by atoms with van der Waals surface area (Å²) in [6.45, 7) is 5.75. The van der Waals surface area contributed by atoms with Crippen molar-refractivity contribution >= 4 is 23.4 Å². The highest BCUT2D eigenvalue weighted by Gasteiger charge is 2.31. The largest absolute Gasteiger partial charge is 0.355 e. The van der Waals surface area contributed by atoms with Gasteiger partial charge < -0.3 is 9.80 Å². The van der Waals surface area contributed by atoms with E-state index in [-0.39, 0.29) is 5.82 Å². The Labute approximate surface area is 163 Å². The minimum atomic E-state index is -0.389. The highest BCUT2D eigenvalue weighted by atomic mass is 35.5. The Kier molecular flexibility index (Phi) is 5.38. The average molecular weight is 391 g/mol. The van der Waals surface area contributed by atoms with Gasteiger partial charge in [-0.3, -0.25) is 0 Å². The number of anilines is 2. The lowest BCUT2D eigenvalue weighted by atomic mass is 9.79. The first-order chi connectivity index (χ1) is 13.1. The van der Waals surface area contributed by atoms with Crippen LogP contribution in [0.5, 0.6) is 0 Å². The van der Waals surface area contributed by atoms with Crippen LogP contribution in [0, 0.1) is 24.6 Å². The van der Waals surface area contributed by atoms with Crippen molar-refractivity contribution in [2.75, 3.05) is 36.0 Å². The summed E-state index contributed by atoms with van der Waals surface area (Å²) in [5.74, 6) is 3.33. The molecule has 2 aliphatic rings. The van der Waals surface area contributed by atoms with E-state index in [1.807, 2.05) is 6.92 Å². The van der Waals surface area contributed by atoms with E-state index in [0.717, 1.165) is 75.3 Å². The Morgan fingerprint density at radius 2 is 1.44 bits per heavy atom. The van der Waals surface area contributed by atoms with Crippen LogP contribution in [0.4, 0.5) is 16.2 Å². The van der Waals surface area contributed by atoms with E-state index in [1.54, 1.807) is 6.20 Å². The summed E-state index contributed by atoms with van der Waals surface area (Å²) in [4.78, 5) is 21.3. The summed E-state index contributed by atoms with van der Waals surface area (Å²) in [5.41, 5.74) is 0. The second-order valence-corrected chi connectivity index (χ2v) is 7.85. The van der Waals surface area contributed by atoms with Gasteiger partial charge in [-0.2, -0.15) is 0 Å². The first-order valence-electron chi connectivity index (χ1n) is 9.57. The van der Waals surface area contributed by atoms with Gasteiger partial charge in [-0.1, -0.05) is 11.6 Å². The van der Waals surface area contributed by atoms with Crippen molar-refractivity contribution in [2.24, 2.45) is 11.8 Å². The molecule has 2 aliphatic heterocycles. The summed E-state index contributed by atoms with van der Waals surface area (Å²) >= 11 is 6.29. The van der Waals surface area contributed by atoms with Gasteiger partial charge >= 0.3 is 0 Å². The minimum absolute atomic E-state index is 0.389. The third-order valence-electron chi connectivity index (χ3n) is 5.78. The van der Waals surface area contributed by atoms with Crippen LogP contribution < -0.4 is 9.80 Å². The fourth-order valence-corrected chi connectivity index (χ4v) is 4.50. The molecule has 0 bridgehead atoms. The standard InChI is InChI=1S/C19H24ClFN6/c1-13-22-12-17(20)18(25-13)26-6-2-14(3-7-26)15-4-8-27(9-5-15)19-23-10-16(21)11-24-19/h10-12,14-15H,2-9H2,1H3. The van der Waals surface area contributed by atoms with Crippen LogP contribution in [0.25, 0.3) is 0 Å². The maximum absolute atomic E-state index is 13.0. The van der Waals surface area contributed by atoms with E-state index >= 15 is 0 Å². The zero-order valence-corrected chi connectivity index (χ0v) is 16.2. The van der Waals surface area contributed by atoms with Crippen LogP contribution in [0.2, 0.25) is 5.02 Å². The Hall–Kier alpha value is -2.02. The van der Waals surface area contributed by atoms with Gasteiger partial charge in [0.15, 0.2) is 11.6 Å². The molecule has 2 aromatic rings. The third kappa shape index (κ3) is 4.13. The number of piperidine rings is 2. The topological polar surface area (TPSA) is 58.0 Å². The van der Waals surface area contributed by atoms with Gasteiger partial charge in [0, 0.05) is 26.2 Å². The van der Waals surface area contributed by atoms with Crippen LogP contribution in [-0.2, 0) is 0 Å². The highest BCUT2D eigenvalue weighted by Crippen LogP contribution is 2.35. The molecule has 4 rings (SSSR count). The molecule has 27 heavy (non-hydrogen) atoms. The maximum Gasteiger partial charge on any atom is 0.225 e. The van der Waals surface area contributed by atoms with Crippen LogP contribution in [0.3, 0.4) is 0 Å². The van der Waals surface area contributed by atoms with Gasteiger partial charge in [-0.25, -0.2) is 24.3 Å². The van der Waals surface area contributed by atoms with Crippen molar-refractivity contribution in [3.05, 3.63) is 35.3 Å². The molecular weight excluding hydrogens is 367 g/mol. The van der Waals surface area contributed by atoms with Crippen molar-refractivity contribution in [1.82, 2.24) is 19.9 Å². The number of nitrogens with zero attached hydrogens (tertiary/aromatic N) is 6. The molecule has 144 valence electrons.